The number of carbonyl (C=O) groups excluding carboxylic acids is 2. The summed E-state index contributed by atoms with van der Waals surface area (Å²) in [5, 5.41) is 0. The topological polar surface area (TPSA) is 106 Å². The molecule has 158 valence electrons. The molecule has 1 spiro atoms. The lowest BCUT2D eigenvalue weighted by atomic mass is 9.78. The van der Waals surface area contributed by atoms with E-state index in [2.05, 4.69) is 22.1 Å². The number of likely N-dealkylation sites (tertiary alicyclic amines) is 2. The first kappa shape index (κ1) is 20.1. The van der Waals surface area contributed by atoms with Gasteiger partial charge in [-0.25, -0.2) is 4.79 Å². The molecule has 2 aliphatic rings. The molecule has 0 radical (unpaired) electrons. The Morgan fingerprint density at radius 2 is 1.87 bits per heavy atom. The number of aromatic nitrogens is 2. The molecular formula is C22H26N4O4. The monoisotopic (exact) mass is 410 g/mol. The first-order chi connectivity index (χ1) is 14.5. The van der Waals surface area contributed by atoms with E-state index in [1.165, 1.54) is 5.56 Å². The van der Waals surface area contributed by atoms with Gasteiger partial charge in [-0.3, -0.25) is 19.4 Å². The van der Waals surface area contributed by atoms with Crippen molar-refractivity contribution in [3.05, 3.63) is 68.5 Å². The molecule has 1 aromatic carbocycles. The lowest BCUT2D eigenvalue weighted by Gasteiger charge is -2.39. The van der Waals surface area contributed by atoms with Crippen molar-refractivity contribution < 1.29 is 9.59 Å². The summed E-state index contributed by atoms with van der Waals surface area (Å²) in [6.07, 6.45) is 5.25. The Balaban J connectivity index is 1.40. The van der Waals surface area contributed by atoms with E-state index in [1.807, 2.05) is 23.1 Å². The van der Waals surface area contributed by atoms with Crippen molar-refractivity contribution in [2.75, 3.05) is 26.2 Å². The van der Waals surface area contributed by atoms with E-state index >= 15 is 0 Å². The van der Waals surface area contributed by atoms with Crippen molar-refractivity contribution in [2.45, 2.75) is 32.1 Å². The van der Waals surface area contributed by atoms with Crippen LogP contribution in [0.25, 0.3) is 0 Å². The third kappa shape index (κ3) is 3.94. The van der Waals surface area contributed by atoms with Gasteiger partial charge in [0.25, 0.3) is 11.5 Å². The van der Waals surface area contributed by atoms with E-state index in [1.54, 1.807) is 4.90 Å². The van der Waals surface area contributed by atoms with Crippen LogP contribution in [0.5, 0.6) is 0 Å². The molecule has 8 nitrogen and oxygen atoms in total. The van der Waals surface area contributed by atoms with Gasteiger partial charge in [-0.2, -0.15) is 0 Å². The molecule has 1 aromatic heterocycles. The van der Waals surface area contributed by atoms with Crippen LogP contribution in [0, 0.1) is 5.41 Å². The number of H-pyrrole nitrogens is 2. The zero-order valence-electron chi connectivity index (χ0n) is 16.9. The van der Waals surface area contributed by atoms with Gasteiger partial charge in [0.2, 0.25) is 5.91 Å². The maximum Gasteiger partial charge on any atom is 0.325 e. The maximum atomic E-state index is 13.3. The zero-order valence-corrected chi connectivity index (χ0v) is 16.9. The molecule has 2 N–H and O–H groups in total. The van der Waals surface area contributed by atoms with Crippen LogP contribution in [0.15, 0.2) is 46.1 Å². The molecule has 2 fully saturated rings. The minimum atomic E-state index is -0.706. The molecule has 3 heterocycles. The average Bonchev–Trinajstić information content (AvgIpc) is 3.17. The van der Waals surface area contributed by atoms with Gasteiger partial charge in [0.1, 0.15) is 5.56 Å². The largest absolute Gasteiger partial charge is 0.342 e. The summed E-state index contributed by atoms with van der Waals surface area (Å²) in [6.45, 7) is 2.21. The standard InChI is InChI=1S/C22H26N4O4/c27-18-17(14-23-21(30)24-18)19(28)26-13-10-22(15-26)9-5-12-25(20(22)29)11-4-8-16-6-2-1-3-7-16/h1-3,6-7,14H,4-5,8-13,15H2,(H2,23,24,27,30)/t22-/m0/s1. The van der Waals surface area contributed by atoms with E-state index in [0.29, 0.717) is 26.1 Å². The zero-order chi connectivity index (χ0) is 21.1. The van der Waals surface area contributed by atoms with Crippen molar-refractivity contribution in [1.29, 1.82) is 0 Å². The summed E-state index contributed by atoms with van der Waals surface area (Å²) in [7, 11) is 0. The number of rotatable bonds is 5. The predicted molar refractivity (Wildman–Crippen MR) is 111 cm³/mol. The molecule has 8 heteroatoms. The summed E-state index contributed by atoms with van der Waals surface area (Å²) >= 11 is 0. The van der Waals surface area contributed by atoms with E-state index in [4.69, 9.17) is 0 Å². The summed E-state index contributed by atoms with van der Waals surface area (Å²) in [5.74, 6) is -0.328. The van der Waals surface area contributed by atoms with Crippen LogP contribution in [-0.2, 0) is 11.2 Å². The van der Waals surface area contributed by atoms with Crippen molar-refractivity contribution in [2.24, 2.45) is 5.41 Å². The van der Waals surface area contributed by atoms with Gasteiger partial charge in [0, 0.05) is 32.4 Å². The third-order valence-corrected chi connectivity index (χ3v) is 6.25. The Morgan fingerprint density at radius 3 is 2.63 bits per heavy atom. The van der Waals surface area contributed by atoms with Crippen LogP contribution >= 0.6 is 0 Å². The second-order valence-corrected chi connectivity index (χ2v) is 8.23. The number of aromatic amines is 2. The summed E-state index contributed by atoms with van der Waals surface area (Å²) < 4.78 is 0. The first-order valence-corrected chi connectivity index (χ1v) is 10.4. The van der Waals surface area contributed by atoms with Crippen molar-refractivity contribution in [3.8, 4) is 0 Å². The Hall–Kier alpha value is -3.16. The molecule has 4 rings (SSSR count). The Labute approximate surface area is 173 Å². The third-order valence-electron chi connectivity index (χ3n) is 6.25. The average molecular weight is 410 g/mol. The fourth-order valence-corrected chi connectivity index (χ4v) is 4.65. The number of hydrogen-bond donors (Lipinski definition) is 2. The molecule has 2 saturated heterocycles. The SMILES string of the molecule is O=C(c1c[nH]c(=O)[nH]c1=O)N1CC[C@@]2(CCCN(CCCc3ccccc3)C2=O)C1. The van der Waals surface area contributed by atoms with Crippen LogP contribution < -0.4 is 11.2 Å². The minimum Gasteiger partial charge on any atom is -0.342 e. The molecule has 0 saturated carbocycles. The number of carbonyl (C=O) groups is 2. The normalized spacial score (nSPS) is 21.4. The molecule has 30 heavy (non-hydrogen) atoms. The number of nitrogens with zero attached hydrogens (tertiary/aromatic N) is 2. The van der Waals surface area contributed by atoms with E-state index < -0.39 is 22.6 Å². The van der Waals surface area contributed by atoms with E-state index in [-0.39, 0.29) is 11.5 Å². The first-order valence-electron chi connectivity index (χ1n) is 10.4. The van der Waals surface area contributed by atoms with Crippen LogP contribution in [0.3, 0.4) is 0 Å². The van der Waals surface area contributed by atoms with Gasteiger partial charge < -0.3 is 14.8 Å². The van der Waals surface area contributed by atoms with Gasteiger partial charge in [0.05, 0.1) is 5.41 Å². The van der Waals surface area contributed by atoms with E-state index in [9.17, 15) is 19.2 Å². The van der Waals surface area contributed by atoms with Gasteiger partial charge in [-0.1, -0.05) is 30.3 Å². The number of nitrogens with one attached hydrogen (secondary N) is 2. The molecule has 2 amide bonds. The predicted octanol–water partition coefficient (Wildman–Crippen LogP) is 1.15. The number of amides is 2. The molecule has 0 bridgehead atoms. The van der Waals surface area contributed by atoms with Crippen molar-refractivity contribution in [3.63, 3.8) is 0 Å². The lowest BCUT2D eigenvalue weighted by molar-refractivity contribution is -0.145. The van der Waals surface area contributed by atoms with Gasteiger partial charge in [-0.15, -0.1) is 0 Å². The highest BCUT2D eigenvalue weighted by Gasteiger charge is 2.49. The molecule has 2 aliphatic heterocycles. The lowest BCUT2D eigenvalue weighted by Crippen LogP contribution is -2.50. The van der Waals surface area contributed by atoms with Crippen LogP contribution in [0.2, 0.25) is 0 Å². The summed E-state index contributed by atoms with van der Waals surface area (Å²) in [6, 6.07) is 10.2. The molecule has 0 unspecified atom stereocenters. The van der Waals surface area contributed by atoms with Gasteiger partial charge in [-0.05, 0) is 37.7 Å². The van der Waals surface area contributed by atoms with Crippen LogP contribution in [0.1, 0.15) is 41.6 Å². The number of piperidine rings is 1. The van der Waals surface area contributed by atoms with Gasteiger partial charge in [0.15, 0.2) is 0 Å². The Bertz CT molecular complexity index is 1040. The Morgan fingerprint density at radius 1 is 1.07 bits per heavy atom. The fraction of sp³-hybridized carbons (Fsp3) is 0.455. The maximum absolute atomic E-state index is 13.3. The number of benzene rings is 1. The second-order valence-electron chi connectivity index (χ2n) is 8.23. The molecule has 2 aromatic rings. The highest BCUT2D eigenvalue weighted by Crippen LogP contribution is 2.40. The summed E-state index contributed by atoms with van der Waals surface area (Å²) in [4.78, 5) is 57.1. The number of aryl methyl sites for hydroxylation is 1. The molecule has 1 atom stereocenters. The van der Waals surface area contributed by atoms with E-state index in [0.717, 1.165) is 38.4 Å². The molecular weight excluding hydrogens is 384 g/mol. The van der Waals surface area contributed by atoms with Crippen molar-refractivity contribution in [1.82, 2.24) is 19.8 Å². The Kier molecular flexibility index (Phi) is 5.57. The quantitative estimate of drug-likeness (QED) is 0.771. The smallest absolute Gasteiger partial charge is 0.325 e. The van der Waals surface area contributed by atoms with Gasteiger partial charge >= 0.3 is 5.69 Å². The number of hydrogen-bond acceptors (Lipinski definition) is 4. The molecule has 0 aliphatic carbocycles. The van der Waals surface area contributed by atoms with Crippen LogP contribution in [-0.4, -0.2) is 57.8 Å². The highest BCUT2D eigenvalue weighted by molar-refractivity contribution is 5.95. The van der Waals surface area contributed by atoms with Crippen LogP contribution in [0.4, 0.5) is 0 Å². The van der Waals surface area contributed by atoms with Crippen molar-refractivity contribution >= 4 is 11.8 Å². The second kappa shape index (κ2) is 8.30. The summed E-state index contributed by atoms with van der Waals surface area (Å²) in [5.41, 5.74) is -0.754. The minimum absolute atomic E-state index is 0.102. The highest BCUT2D eigenvalue weighted by atomic mass is 16.2. The fourth-order valence-electron chi connectivity index (χ4n) is 4.65.